The number of urea groups is 1. The van der Waals surface area contributed by atoms with Gasteiger partial charge in [0.2, 0.25) is 0 Å². The zero-order chi connectivity index (χ0) is 21.8. The number of hydrogen-bond acceptors (Lipinski definition) is 8. The lowest BCUT2D eigenvalue weighted by atomic mass is 9.88. The first-order valence-corrected chi connectivity index (χ1v) is 10.8. The number of amides is 2. The second-order valence-corrected chi connectivity index (χ2v) is 8.27. The summed E-state index contributed by atoms with van der Waals surface area (Å²) in [6.45, 7) is 5.23. The van der Waals surface area contributed by atoms with Crippen LogP contribution in [0.1, 0.15) is 29.6 Å². The predicted octanol–water partition coefficient (Wildman–Crippen LogP) is 3.14. The number of methoxy groups -OCH3 is 1. The highest BCUT2D eigenvalue weighted by atomic mass is 32.1. The molecule has 1 fully saturated rings. The lowest BCUT2D eigenvalue weighted by molar-refractivity contribution is 0.243. The molecule has 0 aromatic carbocycles. The van der Waals surface area contributed by atoms with Crippen molar-refractivity contribution in [1.29, 1.82) is 0 Å². The third-order valence-electron chi connectivity index (χ3n) is 5.25. The molecule has 3 aromatic heterocycles. The second-order valence-electron chi connectivity index (χ2n) is 7.46. The summed E-state index contributed by atoms with van der Waals surface area (Å²) in [7, 11) is 1.62. The number of nitrogens with one attached hydrogen (secondary N) is 2. The van der Waals surface area contributed by atoms with Crippen LogP contribution in [0.5, 0.6) is 5.75 Å². The maximum absolute atomic E-state index is 12.6. The molecular formula is C21H25N7O2S. The highest BCUT2D eigenvalue weighted by molar-refractivity contribution is 7.10. The summed E-state index contributed by atoms with van der Waals surface area (Å²) in [6, 6.07) is 7.31. The van der Waals surface area contributed by atoms with Gasteiger partial charge in [-0.2, -0.15) is 4.37 Å². The van der Waals surface area contributed by atoms with Gasteiger partial charge in [0, 0.05) is 36.9 Å². The molecule has 0 saturated carbocycles. The van der Waals surface area contributed by atoms with E-state index in [0.717, 1.165) is 41.0 Å². The smallest absolute Gasteiger partial charge is 0.320 e. The maximum atomic E-state index is 12.6. The number of rotatable bonds is 5. The summed E-state index contributed by atoms with van der Waals surface area (Å²) in [6.07, 6.45) is 4.24. The van der Waals surface area contributed by atoms with Gasteiger partial charge in [-0.1, -0.05) is 0 Å². The first-order valence-electron chi connectivity index (χ1n) is 10.1. The van der Waals surface area contributed by atoms with Gasteiger partial charge in [0.1, 0.15) is 22.4 Å². The minimum absolute atomic E-state index is 0.0103. The van der Waals surface area contributed by atoms with E-state index >= 15 is 0 Å². The van der Waals surface area contributed by atoms with Gasteiger partial charge >= 0.3 is 6.03 Å². The minimum atomic E-state index is -0.238. The number of piperidine rings is 1. The summed E-state index contributed by atoms with van der Waals surface area (Å²) < 4.78 is 9.45. The van der Waals surface area contributed by atoms with Crippen LogP contribution in [0.25, 0.3) is 0 Å². The van der Waals surface area contributed by atoms with E-state index < -0.39 is 0 Å². The molecule has 3 aromatic rings. The average Bonchev–Trinajstić information content (AvgIpc) is 3.18. The Kier molecular flexibility index (Phi) is 6.26. The Balaban J connectivity index is 1.53. The molecule has 0 spiro atoms. The summed E-state index contributed by atoms with van der Waals surface area (Å²) in [5.41, 5.74) is 1.78. The van der Waals surface area contributed by atoms with Crippen molar-refractivity contribution in [3.63, 3.8) is 0 Å². The second kappa shape index (κ2) is 9.25. The van der Waals surface area contributed by atoms with Crippen LogP contribution in [0, 0.1) is 13.8 Å². The molecule has 2 amide bonds. The Morgan fingerprint density at radius 2 is 2.13 bits per heavy atom. The summed E-state index contributed by atoms with van der Waals surface area (Å²) in [4.78, 5) is 28.2. The van der Waals surface area contributed by atoms with Crippen molar-refractivity contribution in [2.75, 3.05) is 30.4 Å². The fraction of sp³-hybridized carbons (Fsp3) is 0.381. The Hall–Kier alpha value is -3.27. The molecule has 4 rings (SSSR count). The van der Waals surface area contributed by atoms with Crippen molar-refractivity contribution in [2.45, 2.75) is 32.2 Å². The van der Waals surface area contributed by atoms with E-state index in [1.54, 1.807) is 19.5 Å². The fourth-order valence-electron chi connectivity index (χ4n) is 3.72. The van der Waals surface area contributed by atoms with E-state index in [0.29, 0.717) is 12.3 Å². The van der Waals surface area contributed by atoms with Gasteiger partial charge in [-0.3, -0.25) is 10.3 Å². The monoisotopic (exact) mass is 439 g/mol. The molecule has 0 bridgehead atoms. The van der Waals surface area contributed by atoms with Crippen LogP contribution < -0.4 is 20.3 Å². The van der Waals surface area contributed by atoms with E-state index in [-0.39, 0.29) is 18.0 Å². The lowest BCUT2D eigenvalue weighted by Crippen LogP contribution is -2.51. The molecule has 2 atom stereocenters. The number of nitrogens with zero attached hydrogens (tertiary/aromatic N) is 5. The third-order valence-corrected chi connectivity index (χ3v) is 6.05. The number of ether oxygens (including phenoxy) is 1. The van der Waals surface area contributed by atoms with Gasteiger partial charge in [-0.15, -0.1) is 0 Å². The molecule has 31 heavy (non-hydrogen) atoms. The van der Waals surface area contributed by atoms with Gasteiger partial charge in [-0.25, -0.2) is 14.8 Å². The van der Waals surface area contributed by atoms with Crippen LogP contribution in [0.15, 0.2) is 36.7 Å². The Labute approximate surface area is 185 Å². The summed E-state index contributed by atoms with van der Waals surface area (Å²) in [5.74, 6) is 2.31. The normalized spacial score (nSPS) is 18.5. The van der Waals surface area contributed by atoms with Gasteiger partial charge in [0.15, 0.2) is 0 Å². The van der Waals surface area contributed by atoms with Gasteiger partial charge < -0.3 is 15.0 Å². The number of aryl methyl sites for hydroxylation is 2. The van der Waals surface area contributed by atoms with Crippen molar-refractivity contribution in [1.82, 2.24) is 24.6 Å². The van der Waals surface area contributed by atoms with Crippen molar-refractivity contribution < 1.29 is 9.53 Å². The van der Waals surface area contributed by atoms with Crippen LogP contribution >= 0.6 is 11.5 Å². The van der Waals surface area contributed by atoms with Crippen LogP contribution in [-0.4, -0.2) is 51.6 Å². The molecule has 2 N–H and O–H groups in total. The first kappa shape index (κ1) is 21.0. The summed E-state index contributed by atoms with van der Waals surface area (Å²) >= 11 is 1.27. The molecule has 162 valence electrons. The Morgan fingerprint density at radius 1 is 1.26 bits per heavy atom. The lowest BCUT2D eigenvalue weighted by Gasteiger charge is -2.39. The number of carbonyl (C=O) groups excluding carboxylic acids is 1. The molecule has 9 nitrogen and oxygen atoms in total. The van der Waals surface area contributed by atoms with Crippen LogP contribution in [0.4, 0.5) is 15.6 Å². The van der Waals surface area contributed by atoms with Crippen molar-refractivity contribution >= 4 is 28.4 Å². The van der Waals surface area contributed by atoms with E-state index in [1.165, 1.54) is 11.5 Å². The highest BCUT2D eigenvalue weighted by Gasteiger charge is 2.33. The van der Waals surface area contributed by atoms with Crippen molar-refractivity contribution in [3.8, 4) is 5.75 Å². The van der Waals surface area contributed by atoms with E-state index in [2.05, 4.69) is 34.9 Å². The number of anilines is 2. The zero-order valence-corrected chi connectivity index (χ0v) is 18.5. The number of carbonyl (C=O) groups is 1. The third kappa shape index (κ3) is 5.08. The largest absolute Gasteiger partial charge is 0.495 e. The molecule has 2 unspecified atom stereocenters. The van der Waals surface area contributed by atoms with Crippen molar-refractivity contribution in [3.05, 3.63) is 53.9 Å². The number of hydrogen-bond donors (Lipinski definition) is 2. The molecule has 10 heteroatoms. The van der Waals surface area contributed by atoms with E-state index in [1.807, 2.05) is 38.1 Å². The molecule has 4 heterocycles. The van der Waals surface area contributed by atoms with Crippen molar-refractivity contribution in [2.24, 2.45) is 0 Å². The van der Waals surface area contributed by atoms with Gasteiger partial charge in [0.25, 0.3) is 0 Å². The SMILES string of the molecule is COc1ccc(C2CN(c3ccnc(C)n3)CCC2NC(=O)Nc2cc(C)ns2)nc1. The van der Waals surface area contributed by atoms with Gasteiger partial charge in [-0.05, 0) is 56.1 Å². The minimum Gasteiger partial charge on any atom is -0.495 e. The molecule has 1 saturated heterocycles. The van der Waals surface area contributed by atoms with Crippen LogP contribution in [0.2, 0.25) is 0 Å². The highest BCUT2D eigenvalue weighted by Crippen LogP contribution is 2.29. The summed E-state index contributed by atoms with van der Waals surface area (Å²) in [5, 5.41) is 6.74. The van der Waals surface area contributed by atoms with Crippen LogP contribution in [0.3, 0.4) is 0 Å². The predicted molar refractivity (Wildman–Crippen MR) is 120 cm³/mol. The fourth-order valence-corrected chi connectivity index (χ4v) is 4.38. The maximum Gasteiger partial charge on any atom is 0.320 e. The van der Waals surface area contributed by atoms with E-state index in [9.17, 15) is 4.79 Å². The van der Waals surface area contributed by atoms with Crippen LogP contribution in [-0.2, 0) is 0 Å². The molecular weight excluding hydrogens is 414 g/mol. The zero-order valence-electron chi connectivity index (χ0n) is 17.7. The molecule has 1 aliphatic heterocycles. The quantitative estimate of drug-likeness (QED) is 0.629. The van der Waals surface area contributed by atoms with E-state index in [4.69, 9.17) is 4.74 Å². The Morgan fingerprint density at radius 3 is 2.81 bits per heavy atom. The Bertz CT molecular complexity index is 1040. The standard InChI is InChI=1S/C21H25N7O2S/c1-13-10-20(31-27-13)26-21(29)25-18-7-9-28(19-6-8-22-14(2)24-19)12-16(18)17-5-4-15(30-3)11-23-17/h4-6,8,10-11,16,18H,7,9,12H2,1-3H3,(H2,25,26,29). The molecule has 0 aliphatic carbocycles. The topological polar surface area (TPSA) is 105 Å². The number of aromatic nitrogens is 4. The molecule has 0 radical (unpaired) electrons. The first-order chi connectivity index (χ1) is 15.0. The number of pyridine rings is 1. The molecule has 1 aliphatic rings. The van der Waals surface area contributed by atoms with Gasteiger partial charge in [0.05, 0.1) is 19.0 Å². The average molecular weight is 440 g/mol.